The molecule has 5 aromatic rings. The number of hydrogen-bond donors (Lipinski definition) is 3. The predicted molar refractivity (Wildman–Crippen MR) is 205 cm³/mol. The zero-order chi connectivity index (χ0) is 36.2. The van der Waals surface area contributed by atoms with E-state index in [4.69, 9.17) is 16.2 Å². The van der Waals surface area contributed by atoms with Crippen molar-refractivity contribution in [3.8, 4) is 11.4 Å². The molecular formula is C38H41F2N9O2S. The van der Waals surface area contributed by atoms with E-state index in [0.29, 0.717) is 47.8 Å². The summed E-state index contributed by atoms with van der Waals surface area (Å²) in [7, 11) is 0. The van der Waals surface area contributed by atoms with Crippen LogP contribution >= 0.6 is 11.3 Å². The normalized spacial score (nSPS) is 16.8. The third-order valence-electron chi connectivity index (χ3n) is 9.91. The van der Waals surface area contributed by atoms with Crippen LogP contribution in [-0.2, 0) is 6.54 Å². The summed E-state index contributed by atoms with van der Waals surface area (Å²) in [6, 6.07) is 21.8. The number of para-hydroxylation sites is 1. The molecule has 5 N–H and O–H groups in total. The minimum absolute atomic E-state index is 0.0503. The van der Waals surface area contributed by atoms with Gasteiger partial charge in [0.05, 0.1) is 29.8 Å². The Kier molecular flexibility index (Phi) is 10.6. The molecule has 4 heterocycles. The van der Waals surface area contributed by atoms with E-state index >= 15 is 0 Å². The number of nitrogens with two attached hydrogens (primary N) is 2. The molecule has 2 aliphatic heterocycles. The average Bonchev–Trinajstić information content (AvgIpc) is 3.56. The van der Waals surface area contributed by atoms with Gasteiger partial charge in [-0.25, -0.2) is 18.8 Å². The fraction of sp³-hybridized carbons (Fsp3) is 0.316. The number of fused-ring (bicyclic) bond motifs is 2. The minimum atomic E-state index is -0.610. The third kappa shape index (κ3) is 7.40. The number of anilines is 3. The summed E-state index contributed by atoms with van der Waals surface area (Å²) in [5, 5.41) is 3.70. The maximum atomic E-state index is 14.9. The van der Waals surface area contributed by atoms with Crippen molar-refractivity contribution >= 4 is 51.6 Å². The van der Waals surface area contributed by atoms with Gasteiger partial charge < -0.3 is 26.4 Å². The standard InChI is InChI=1S/C38H41F2N9O2S/c1-24(31(21-43-23-44-22-41)30-9-7-25(39)17-32(30)40)47-13-11-26(12-14-47)45-20-29-19-34-37(52-29)46-36(42)38(50)49(34)28-8-10-35-33(18-28)48(15-16-51-35)27-5-3-2-4-6-27/h2-10,17-19,22-24,26,31,45H,11-16,20-21H2,1H3,(H2,42,46)(H2,41,43,44)/t24-,31-/m0/s1. The predicted octanol–water partition coefficient (Wildman–Crippen LogP) is 5.58. The molecule has 2 aromatic heterocycles. The molecule has 0 saturated carbocycles. The van der Waals surface area contributed by atoms with Gasteiger partial charge in [-0.3, -0.25) is 19.3 Å². The number of nitrogen functional groups attached to an aromatic ring is 1. The van der Waals surface area contributed by atoms with Crippen molar-refractivity contribution in [2.45, 2.75) is 44.3 Å². The molecule has 2 atom stereocenters. The van der Waals surface area contributed by atoms with E-state index in [1.807, 2.05) is 42.5 Å². The first kappa shape index (κ1) is 35.2. The zero-order valence-corrected chi connectivity index (χ0v) is 29.6. The quantitative estimate of drug-likeness (QED) is 0.119. The number of halogens is 2. The minimum Gasteiger partial charge on any atom is -0.490 e. The van der Waals surface area contributed by atoms with Gasteiger partial charge in [0.2, 0.25) is 0 Å². The second-order valence-electron chi connectivity index (χ2n) is 13.0. The number of aromatic nitrogens is 2. The Morgan fingerprint density at radius 1 is 1.06 bits per heavy atom. The first-order chi connectivity index (χ1) is 25.3. The molecule has 2 aliphatic rings. The highest BCUT2D eigenvalue weighted by atomic mass is 32.1. The fourth-order valence-electron chi connectivity index (χ4n) is 7.18. The maximum absolute atomic E-state index is 14.9. The monoisotopic (exact) mass is 725 g/mol. The van der Waals surface area contributed by atoms with Crippen LogP contribution in [0.25, 0.3) is 16.0 Å². The molecule has 3 aromatic carbocycles. The molecule has 0 bridgehead atoms. The van der Waals surface area contributed by atoms with Crippen molar-refractivity contribution in [1.29, 1.82) is 0 Å². The molecule has 0 aliphatic carbocycles. The van der Waals surface area contributed by atoms with Crippen LogP contribution in [0.3, 0.4) is 0 Å². The van der Waals surface area contributed by atoms with Crippen LogP contribution < -0.4 is 32.0 Å². The van der Waals surface area contributed by atoms with Gasteiger partial charge in [0, 0.05) is 47.7 Å². The SMILES string of the molecule is C[C@@H]([C@H](CN=CN=CN)c1ccc(F)cc1F)N1CCC(NCc2cc3c(nc(N)c(=O)n3-c3ccc4c(c3)N(c3ccccc3)CCO4)s2)CC1. The Morgan fingerprint density at radius 3 is 2.63 bits per heavy atom. The van der Waals surface area contributed by atoms with Gasteiger partial charge in [-0.15, -0.1) is 11.3 Å². The summed E-state index contributed by atoms with van der Waals surface area (Å²) in [4.78, 5) is 32.4. The summed E-state index contributed by atoms with van der Waals surface area (Å²) >= 11 is 1.51. The Balaban J connectivity index is 1.05. The lowest BCUT2D eigenvalue weighted by molar-refractivity contribution is 0.134. The molecule has 270 valence electrons. The number of benzene rings is 3. The van der Waals surface area contributed by atoms with Gasteiger partial charge in [-0.2, -0.15) is 0 Å². The van der Waals surface area contributed by atoms with Crippen LogP contribution in [0.1, 0.15) is 36.1 Å². The fourth-order valence-corrected chi connectivity index (χ4v) is 8.15. The number of nitrogens with one attached hydrogen (secondary N) is 1. The van der Waals surface area contributed by atoms with E-state index in [1.54, 1.807) is 4.57 Å². The lowest BCUT2D eigenvalue weighted by Gasteiger charge is -2.39. The van der Waals surface area contributed by atoms with Crippen molar-refractivity contribution in [3.05, 3.63) is 105 Å². The van der Waals surface area contributed by atoms with Crippen molar-refractivity contribution in [2.24, 2.45) is 15.7 Å². The second kappa shape index (κ2) is 15.6. The van der Waals surface area contributed by atoms with E-state index < -0.39 is 11.6 Å². The summed E-state index contributed by atoms with van der Waals surface area (Å²) in [6.45, 7) is 5.80. The van der Waals surface area contributed by atoms with Gasteiger partial charge in [0.15, 0.2) is 5.82 Å². The second-order valence-corrected chi connectivity index (χ2v) is 14.1. The average molecular weight is 726 g/mol. The van der Waals surface area contributed by atoms with Crippen molar-refractivity contribution in [3.63, 3.8) is 0 Å². The lowest BCUT2D eigenvalue weighted by Crippen LogP contribution is -2.47. The number of aliphatic imine (C=N–C) groups is 2. The molecule has 0 amide bonds. The first-order valence-electron chi connectivity index (χ1n) is 17.4. The summed E-state index contributed by atoms with van der Waals surface area (Å²) < 4.78 is 36.2. The number of likely N-dealkylation sites (tertiary alicyclic amines) is 1. The van der Waals surface area contributed by atoms with E-state index in [9.17, 15) is 13.6 Å². The maximum Gasteiger partial charge on any atom is 0.298 e. The lowest BCUT2D eigenvalue weighted by atomic mass is 9.89. The molecule has 52 heavy (non-hydrogen) atoms. The van der Waals surface area contributed by atoms with Crippen LogP contribution in [0.5, 0.6) is 5.75 Å². The smallest absolute Gasteiger partial charge is 0.298 e. The number of piperidine rings is 1. The Hall–Kier alpha value is -5.18. The number of thiophene rings is 1. The highest BCUT2D eigenvalue weighted by molar-refractivity contribution is 7.18. The Bertz CT molecular complexity index is 2150. The molecule has 0 unspecified atom stereocenters. The zero-order valence-electron chi connectivity index (χ0n) is 28.8. The van der Waals surface area contributed by atoms with Gasteiger partial charge >= 0.3 is 0 Å². The molecule has 1 fully saturated rings. The molecular weight excluding hydrogens is 685 g/mol. The highest BCUT2D eigenvalue weighted by Crippen LogP contribution is 2.39. The van der Waals surface area contributed by atoms with Gasteiger partial charge in [0.1, 0.15) is 35.2 Å². The molecule has 0 radical (unpaired) electrons. The summed E-state index contributed by atoms with van der Waals surface area (Å²) in [5.41, 5.74) is 14.9. The van der Waals surface area contributed by atoms with E-state index in [0.717, 1.165) is 60.3 Å². The number of ether oxygens (including phenoxy) is 1. The largest absolute Gasteiger partial charge is 0.490 e. The van der Waals surface area contributed by atoms with E-state index in [-0.39, 0.29) is 29.4 Å². The third-order valence-corrected chi connectivity index (χ3v) is 10.9. The number of rotatable bonds is 11. The molecule has 7 rings (SSSR count). The van der Waals surface area contributed by atoms with Crippen LogP contribution in [0.4, 0.5) is 26.0 Å². The Morgan fingerprint density at radius 2 is 1.87 bits per heavy atom. The van der Waals surface area contributed by atoms with Gasteiger partial charge in [-0.05, 0) is 80.9 Å². The van der Waals surface area contributed by atoms with Crippen molar-refractivity contribution in [2.75, 3.05) is 43.4 Å². The first-order valence-corrected chi connectivity index (χ1v) is 18.2. The number of nitrogens with zero attached hydrogens (tertiary/aromatic N) is 6. The van der Waals surface area contributed by atoms with Crippen LogP contribution in [0, 0.1) is 11.6 Å². The van der Waals surface area contributed by atoms with Crippen molar-refractivity contribution < 1.29 is 13.5 Å². The van der Waals surface area contributed by atoms with E-state index in [1.165, 1.54) is 29.8 Å². The van der Waals surface area contributed by atoms with Crippen LogP contribution in [0.2, 0.25) is 0 Å². The van der Waals surface area contributed by atoms with Gasteiger partial charge in [0.25, 0.3) is 5.56 Å². The molecule has 11 nitrogen and oxygen atoms in total. The number of hydrogen-bond acceptors (Lipinski definition) is 9. The topological polar surface area (TPSA) is 139 Å². The van der Waals surface area contributed by atoms with Crippen LogP contribution in [0.15, 0.2) is 87.6 Å². The summed E-state index contributed by atoms with van der Waals surface area (Å²) in [6.07, 6.45) is 4.28. The summed E-state index contributed by atoms with van der Waals surface area (Å²) in [5.74, 6) is -0.786. The molecule has 14 heteroatoms. The highest BCUT2D eigenvalue weighted by Gasteiger charge is 2.30. The van der Waals surface area contributed by atoms with E-state index in [2.05, 4.69) is 49.1 Å². The molecule has 1 saturated heterocycles. The van der Waals surface area contributed by atoms with Crippen LogP contribution in [-0.4, -0.2) is 72.0 Å². The van der Waals surface area contributed by atoms with Crippen molar-refractivity contribution in [1.82, 2.24) is 19.8 Å². The molecule has 0 spiro atoms. The van der Waals surface area contributed by atoms with Gasteiger partial charge in [-0.1, -0.05) is 24.3 Å². The Labute approximate surface area is 304 Å².